The van der Waals surface area contributed by atoms with Gasteiger partial charge in [0.2, 0.25) is 5.95 Å². The molecule has 0 aliphatic heterocycles. The van der Waals surface area contributed by atoms with Crippen molar-refractivity contribution in [2.45, 2.75) is 37.8 Å². The smallest absolute Gasteiger partial charge is 0.356 e. The van der Waals surface area contributed by atoms with Crippen LogP contribution in [0.4, 0.5) is 0 Å². The molecule has 0 atom stereocenters. The zero-order valence-electron chi connectivity index (χ0n) is 16.5. The van der Waals surface area contributed by atoms with E-state index in [9.17, 15) is 9.59 Å². The van der Waals surface area contributed by atoms with Crippen molar-refractivity contribution in [2.75, 3.05) is 27.4 Å². The average molecular weight is 403 g/mol. The summed E-state index contributed by atoms with van der Waals surface area (Å²) in [5.41, 5.74) is 0.106. The normalized spacial score (nSPS) is 19.0. The van der Waals surface area contributed by atoms with Crippen molar-refractivity contribution in [2.24, 2.45) is 0 Å². The lowest BCUT2D eigenvalue weighted by Crippen LogP contribution is -2.39. The summed E-state index contributed by atoms with van der Waals surface area (Å²) in [7, 11) is 2.90. The first-order valence-electron chi connectivity index (χ1n) is 9.48. The van der Waals surface area contributed by atoms with Gasteiger partial charge in [-0.3, -0.25) is 9.36 Å². The lowest BCUT2D eigenvalue weighted by Gasteiger charge is -2.29. The van der Waals surface area contributed by atoms with Crippen LogP contribution in [0.5, 0.6) is 0 Å². The highest BCUT2D eigenvalue weighted by Gasteiger charge is 2.24. The van der Waals surface area contributed by atoms with Gasteiger partial charge < -0.3 is 19.5 Å². The summed E-state index contributed by atoms with van der Waals surface area (Å²) in [5.74, 6) is -0.829. The van der Waals surface area contributed by atoms with E-state index in [-0.39, 0.29) is 35.4 Å². The van der Waals surface area contributed by atoms with Gasteiger partial charge in [-0.1, -0.05) is 0 Å². The molecule has 10 nitrogen and oxygen atoms in total. The summed E-state index contributed by atoms with van der Waals surface area (Å²) in [6.45, 7) is 1.15. The molecule has 0 spiro atoms. The lowest BCUT2D eigenvalue weighted by atomic mass is 9.93. The first-order chi connectivity index (χ1) is 14.1. The fourth-order valence-electron chi connectivity index (χ4n) is 3.18. The van der Waals surface area contributed by atoms with Crippen LogP contribution in [0.2, 0.25) is 0 Å². The Hall–Kier alpha value is -2.85. The van der Waals surface area contributed by atoms with Crippen LogP contribution in [0, 0.1) is 0 Å². The first-order valence-corrected chi connectivity index (χ1v) is 9.48. The van der Waals surface area contributed by atoms with Crippen molar-refractivity contribution in [1.29, 1.82) is 0 Å². The van der Waals surface area contributed by atoms with Gasteiger partial charge in [0.05, 0.1) is 26.4 Å². The molecule has 1 fully saturated rings. The van der Waals surface area contributed by atoms with Crippen LogP contribution in [-0.4, -0.2) is 71.0 Å². The van der Waals surface area contributed by atoms with E-state index in [0.29, 0.717) is 13.2 Å². The molecule has 0 saturated heterocycles. The van der Waals surface area contributed by atoms with Gasteiger partial charge in [0.1, 0.15) is 12.0 Å². The van der Waals surface area contributed by atoms with Gasteiger partial charge in [-0.25, -0.2) is 19.7 Å². The quantitative estimate of drug-likeness (QED) is 0.515. The van der Waals surface area contributed by atoms with Gasteiger partial charge >= 0.3 is 5.97 Å². The van der Waals surface area contributed by atoms with E-state index in [2.05, 4.69) is 20.3 Å². The van der Waals surface area contributed by atoms with Crippen LogP contribution >= 0.6 is 0 Å². The molecule has 29 heavy (non-hydrogen) atoms. The molecule has 2 aromatic rings. The summed E-state index contributed by atoms with van der Waals surface area (Å²) in [6, 6.07) is 1.36. The van der Waals surface area contributed by atoms with Gasteiger partial charge in [0.15, 0.2) is 5.69 Å². The highest BCUT2D eigenvalue weighted by Crippen LogP contribution is 2.21. The van der Waals surface area contributed by atoms with Crippen molar-refractivity contribution in [3.05, 3.63) is 36.2 Å². The maximum absolute atomic E-state index is 12.8. The van der Waals surface area contributed by atoms with E-state index in [4.69, 9.17) is 14.2 Å². The van der Waals surface area contributed by atoms with Gasteiger partial charge in [-0.15, -0.1) is 0 Å². The molecule has 0 radical (unpaired) electrons. The van der Waals surface area contributed by atoms with E-state index in [1.54, 1.807) is 19.5 Å². The second-order valence-electron chi connectivity index (χ2n) is 6.71. The number of hydrogen-bond acceptors (Lipinski definition) is 8. The number of aromatic nitrogens is 4. The predicted molar refractivity (Wildman–Crippen MR) is 102 cm³/mol. The van der Waals surface area contributed by atoms with Gasteiger partial charge in [0.25, 0.3) is 5.91 Å². The Morgan fingerprint density at radius 3 is 2.55 bits per heavy atom. The molecule has 0 aromatic carbocycles. The topological polar surface area (TPSA) is 117 Å². The van der Waals surface area contributed by atoms with Crippen molar-refractivity contribution in [3.63, 3.8) is 0 Å². The first kappa shape index (κ1) is 20.9. The largest absolute Gasteiger partial charge is 0.464 e. The third-order valence-electron chi connectivity index (χ3n) is 4.73. The maximum Gasteiger partial charge on any atom is 0.356 e. The number of nitrogens with zero attached hydrogens (tertiary/aromatic N) is 4. The molecule has 1 aliphatic rings. The second-order valence-corrected chi connectivity index (χ2v) is 6.71. The Kier molecular flexibility index (Phi) is 7.25. The van der Waals surface area contributed by atoms with Gasteiger partial charge in [-0.05, 0) is 25.7 Å². The molecule has 1 saturated carbocycles. The molecule has 10 heteroatoms. The lowest BCUT2D eigenvalue weighted by molar-refractivity contribution is -0.00409. The number of imidazole rings is 1. The van der Waals surface area contributed by atoms with Crippen LogP contribution in [-0.2, 0) is 14.2 Å². The Balaban J connectivity index is 1.66. The van der Waals surface area contributed by atoms with Crippen LogP contribution in [0.25, 0.3) is 5.95 Å². The highest BCUT2D eigenvalue weighted by atomic mass is 16.5. The molecule has 156 valence electrons. The molecule has 1 N–H and O–H groups in total. The van der Waals surface area contributed by atoms with Crippen molar-refractivity contribution >= 4 is 11.9 Å². The molecule has 0 bridgehead atoms. The number of methoxy groups -OCH3 is 2. The van der Waals surface area contributed by atoms with Crippen LogP contribution in [0.15, 0.2) is 24.8 Å². The van der Waals surface area contributed by atoms with Gasteiger partial charge in [0, 0.05) is 31.6 Å². The molecule has 2 heterocycles. The van der Waals surface area contributed by atoms with Crippen molar-refractivity contribution in [1.82, 2.24) is 24.8 Å². The van der Waals surface area contributed by atoms with E-state index < -0.39 is 5.97 Å². The van der Waals surface area contributed by atoms with E-state index in [1.165, 1.54) is 24.1 Å². The van der Waals surface area contributed by atoms with Crippen LogP contribution < -0.4 is 5.32 Å². The summed E-state index contributed by atoms with van der Waals surface area (Å²) in [5, 5.41) is 2.99. The zero-order chi connectivity index (χ0) is 20.6. The molecule has 1 amide bonds. The Labute approximate surface area is 168 Å². The summed E-state index contributed by atoms with van der Waals surface area (Å²) >= 11 is 0. The second kappa shape index (κ2) is 10.1. The standard InChI is InChI=1S/C19H25N5O5/c1-27-9-10-29-14-5-3-13(4-6-14)21-17(25)15-11-16(18(26)28-2)23-19(22-15)24-8-7-20-12-24/h7-8,11-14H,3-6,9-10H2,1-2H3,(H,21,25)/t13-,14-. The molecule has 0 unspecified atom stereocenters. The number of carbonyl (C=O) groups is 2. The predicted octanol–water partition coefficient (Wildman–Crippen LogP) is 1.15. The van der Waals surface area contributed by atoms with Crippen LogP contribution in [0.1, 0.15) is 46.7 Å². The number of rotatable bonds is 8. The Morgan fingerprint density at radius 2 is 1.90 bits per heavy atom. The number of carbonyl (C=O) groups excluding carboxylic acids is 2. The minimum atomic E-state index is -0.642. The summed E-state index contributed by atoms with van der Waals surface area (Å²) < 4.78 is 17.0. The van der Waals surface area contributed by atoms with Crippen LogP contribution in [0.3, 0.4) is 0 Å². The van der Waals surface area contributed by atoms with Crippen molar-refractivity contribution in [3.8, 4) is 5.95 Å². The summed E-state index contributed by atoms with van der Waals surface area (Å²) in [4.78, 5) is 37.1. The minimum Gasteiger partial charge on any atom is -0.464 e. The fourth-order valence-corrected chi connectivity index (χ4v) is 3.18. The number of ether oxygens (including phenoxy) is 3. The van der Waals surface area contributed by atoms with E-state index >= 15 is 0 Å². The average Bonchev–Trinajstić information content (AvgIpc) is 3.29. The Bertz CT molecular complexity index is 818. The molecule has 1 aliphatic carbocycles. The monoisotopic (exact) mass is 403 g/mol. The minimum absolute atomic E-state index is 0.00611. The van der Waals surface area contributed by atoms with Crippen molar-refractivity contribution < 1.29 is 23.8 Å². The highest BCUT2D eigenvalue weighted by molar-refractivity contribution is 5.95. The number of esters is 1. The molecule has 3 rings (SSSR count). The summed E-state index contributed by atoms with van der Waals surface area (Å²) in [6.07, 6.45) is 8.22. The van der Waals surface area contributed by atoms with E-state index in [0.717, 1.165) is 25.7 Å². The number of hydrogen-bond donors (Lipinski definition) is 1. The van der Waals surface area contributed by atoms with E-state index in [1.807, 2.05) is 0 Å². The third kappa shape index (κ3) is 5.58. The zero-order valence-corrected chi connectivity index (χ0v) is 16.5. The number of nitrogens with one attached hydrogen (secondary N) is 1. The molecular formula is C19H25N5O5. The number of amides is 1. The fraction of sp³-hybridized carbons (Fsp3) is 0.526. The molecule has 2 aromatic heterocycles. The molecular weight excluding hydrogens is 378 g/mol. The van der Waals surface area contributed by atoms with Gasteiger partial charge in [-0.2, -0.15) is 0 Å². The third-order valence-corrected chi connectivity index (χ3v) is 4.73. The Morgan fingerprint density at radius 1 is 1.14 bits per heavy atom. The SMILES string of the molecule is COCCO[C@H]1CC[C@H](NC(=O)c2cc(C(=O)OC)nc(-n3ccnc3)n2)CC1. The maximum atomic E-state index is 12.8.